The van der Waals surface area contributed by atoms with Crippen molar-refractivity contribution in [1.29, 1.82) is 0 Å². The van der Waals surface area contributed by atoms with Gasteiger partial charge in [-0.15, -0.1) is 34.0 Å². The summed E-state index contributed by atoms with van der Waals surface area (Å²) in [6.07, 6.45) is -6.35. The fourth-order valence-electron chi connectivity index (χ4n) is 4.57. The summed E-state index contributed by atoms with van der Waals surface area (Å²) in [6.45, 7) is 0. The second kappa shape index (κ2) is 9.28. The van der Waals surface area contributed by atoms with Crippen molar-refractivity contribution in [3.8, 4) is 0 Å². The van der Waals surface area contributed by atoms with Crippen LogP contribution < -0.4 is 4.72 Å². The van der Waals surface area contributed by atoms with E-state index in [2.05, 4.69) is 10.6 Å². The van der Waals surface area contributed by atoms with Crippen LogP contribution >= 0.6 is 34.0 Å². The molecule has 10 heteroatoms. The molecule has 0 aromatic rings. The van der Waals surface area contributed by atoms with Crippen LogP contribution in [0.5, 0.6) is 0 Å². The topological polar surface area (TPSA) is 32.3 Å². The molecule has 0 radical (unpaired) electrons. The Hall–Kier alpha value is 0.430. The van der Waals surface area contributed by atoms with Gasteiger partial charge in [-0.2, -0.15) is 13.2 Å². The van der Waals surface area contributed by atoms with E-state index in [9.17, 15) is 27.1 Å². The lowest BCUT2D eigenvalue weighted by molar-refractivity contribution is -0.208. The monoisotopic (exact) mass is 467 g/mol. The summed E-state index contributed by atoms with van der Waals surface area (Å²) in [6, 6.07) is -0.223. The highest BCUT2D eigenvalue weighted by atomic mass is 35.5. The molecule has 2 nitrogen and oxygen atoms in total. The van der Waals surface area contributed by atoms with Gasteiger partial charge in [-0.1, -0.05) is 5.87 Å². The summed E-state index contributed by atoms with van der Waals surface area (Å²) in [5.41, 5.74) is 0. The van der Waals surface area contributed by atoms with Gasteiger partial charge >= 0.3 is 6.18 Å². The lowest BCUT2D eigenvalue weighted by Crippen LogP contribution is -2.44. The number of aliphatic hydroxyl groups excluding tert-OH is 1. The van der Waals surface area contributed by atoms with Crippen LogP contribution in [0.15, 0.2) is 0 Å². The fourth-order valence-corrected chi connectivity index (χ4v) is 9.11. The lowest BCUT2D eigenvalue weighted by atomic mass is 9.83. The first kappa shape index (κ1) is 23.1. The van der Waals surface area contributed by atoms with Gasteiger partial charge in [0.2, 0.25) is 0 Å². The van der Waals surface area contributed by atoms with E-state index >= 15 is 0 Å². The second-order valence-electron chi connectivity index (χ2n) is 8.14. The highest BCUT2D eigenvalue weighted by Crippen LogP contribution is 2.51. The minimum absolute atomic E-state index is 0.0419. The van der Waals surface area contributed by atoms with Gasteiger partial charge in [0, 0.05) is 29.0 Å². The Morgan fingerprint density at radius 2 is 1.79 bits per heavy atom. The predicted molar refractivity (Wildman–Crippen MR) is 108 cm³/mol. The van der Waals surface area contributed by atoms with Crippen molar-refractivity contribution >= 4 is 39.9 Å². The number of aliphatic hydroxyl groups is 1. The smallest absolute Gasteiger partial charge is 0.392 e. The van der Waals surface area contributed by atoms with Gasteiger partial charge in [0.15, 0.2) is 0 Å². The molecule has 0 spiro atoms. The largest absolute Gasteiger partial charge is 0.394 e. The Labute approximate surface area is 174 Å². The summed E-state index contributed by atoms with van der Waals surface area (Å²) < 4.78 is 69.7. The third-order valence-corrected chi connectivity index (χ3v) is 10.7. The zero-order valence-electron chi connectivity index (χ0n) is 15.4. The molecule has 0 amide bonds. The molecule has 1 aliphatic heterocycles. The molecule has 2 aliphatic carbocycles. The first-order valence-electron chi connectivity index (χ1n) is 9.67. The van der Waals surface area contributed by atoms with E-state index in [1.807, 2.05) is 0 Å². The van der Waals surface area contributed by atoms with E-state index in [1.165, 1.54) is 0 Å². The molecule has 28 heavy (non-hydrogen) atoms. The lowest BCUT2D eigenvalue weighted by Gasteiger charge is -2.36. The molecule has 10 unspecified atom stereocenters. The molecule has 3 fully saturated rings. The van der Waals surface area contributed by atoms with Crippen molar-refractivity contribution in [2.24, 2.45) is 11.8 Å². The molecule has 10 atom stereocenters. The van der Waals surface area contributed by atoms with Crippen LogP contribution in [0.2, 0.25) is 0 Å². The van der Waals surface area contributed by atoms with E-state index in [0.717, 1.165) is 0 Å². The number of halogens is 6. The normalized spacial score (nSPS) is 46.5. The second-order valence-corrected chi connectivity index (χ2v) is 12.1. The van der Waals surface area contributed by atoms with E-state index in [-0.39, 0.29) is 46.4 Å². The van der Waals surface area contributed by atoms with Crippen molar-refractivity contribution < 1.29 is 27.1 Å². The summed E-state index contributed by atoms with van der Waals surface area (Å²) in [5.74, 6) is 2.21. The van der Waals surface area contributed by atoms with Crippen LogP contribution in [0.3, 0.4) is 0 Å². The minimum atomic E-state index is -4.38. The van der Waals surface area contributed by atoms with Crippen LogP contribution in [0.1, 0.15) is 44.9 Å². The Morgan fingerprint density at radius 1 is 1.07 bits per heavy atom. The average molecular weight is 468 g/mol. The first-order chi connectivity index (χ1) is 13.1. The Balaban J connectivity index is 1.52. The van der Waals surface area contributed by atoms with Crippen LogP contribution in [-0.4, -0.2) is 56.9 Å². The summed E-state index contributed by atoms with van der Waals surface area (Å²) in [5, 5.41) is 9.56. The molecule has 3 aliphatic rings. The van der Waals surface area contributed by atoms with Crippen molar-refractivity contribution in [2.75, 3.05) is 0 Å². The van der Waals surface area contributed by atoms with Crippen molar-refractivity contribution in [3.63, 3.8) is 0 Å². The van der Waals surface area contributed by atoms with E-state index < -0.39 is 41.2 Å². The first-order valence-corrected chi connectivity index (χ1v) is 12.5. The minimum Gasteiger partial charge on any atom is -0.392 e. The van der Waals surface area contributed by atoms with Crippen molar-refractivity contribution in [1.82, 2.24) is 4.72 Å². The third-order valence-electron chi connectivity index (χ3n) is 6.14. The van der Waals surface area contributed by atoms with Gasteiger partial charge < -0.3 is 5.11 Å². The molecular formula is C18H27ClF5NOS2. The Morgan fingerprint density at radius 3 is 2.39 bits per heavy atom. The van der Waals surface area contributed by atoms with Crippen LogP contribution in [0.25, 0.3) is 0 Å². The van der Waals surface area contributed by atoms with Crippen LogP contribution in [-0.2, 0) is 0 Å². The Kier molecular flexibility index (Phi) is 7.66. The molecule has 164 valence electrons. The van der Waals surface area contributed by atoms with Gasteiger partial charge in [0.1, 0.15) is 12.3 Å². The highest BCUT2D eigenvalue weighted by Gasteiger charge is 2.48. The number of thioether (sulfide) groups is 1. The van der Waals surface area contributed by atoms with Crippen molar-refractivity contribution in [3.05, 3.63) is 0 Å². The maximum atomic E-state index is 14.3. The Bertz CT molecular complexity index is 569. The van der Waals surface area contributed by atoms with Gasteiger partial charge in [-0.05, 0) is 38.5 Å². The molecule has 1 saturated heterocycles. The highest BCUT2D eigenvalue weighted by molar-refractivity contribution is 8.24. The number of hydrogen-bond donors (Lipinski definition) is 2. The average Bonchev–Trinajstić information content (AvgIpc) is 2.95. The van der Waals surface area contributed by atoms with E-state index in [1.54, 1.807) is 11.8 Å². The number of hydrogen-bond acceptors (Lipinski definition) is 3. The maximum absolute atomic E-state index is 14.3. The number of alkyl halides is 6. The van der Waals surface area contributed by atoms with Gasteiger partial charge in [0.25, 0.3) is 0 Å². The molecule has 1 heterocycles. The zero-order valence-corrected chi connectivity index (χ0v) is 17.8. The molecular weight excluding hydrogens is 441 g/mol. The number of rotatable bonds is 4. The van der Waals surface area contributed by atoms with Crippen LogP contribution in [0, 0.1) is 11.8 Å². The van der Waals surface area contributed by atoms with Crippen molar-refractivity contribution in [2.45, 2.75) is 90.8 Å². The standard InChI is InChI=1S/C18H27ClF5NOS2/c1-28(25-10-3-5-12(15(26)7-10)18(22,23)24)16-8-13(19)17(27-16)11-4-2-9(20)6-14(11)21/h9-17,25-26H,1-8H2. The number of nitrogens with one attached hydrogen (secondary N) is 1. The van der Waals surface area contributed by atoms with Crippen LogP contribution in [0.4, 0.5) is 22.0 Å². The zero-order chi connectivity index (χ0) is 20.6. The third kappa shape index (κ3) is 5.37. The summed E-state index contributed by atoms with van der Waals surface area (Å²) in [7, 11) is -0.565. The molecule has 2 saturated carbocycles. The molecule has 0 bridgehead atoms. The molecule has 0 aromatic carbocycles. The molecule has 0 aromatic heterocycles. The maximum Gasteiger partial charge on any atom is 0.394 e. The molecule has 3 rings (SSSR count). The summed E-state index contributed by atoms with van der Waals surface area (Å²) >= 11 is 8.07. The summed E-state index contributed by atoms with van der Waals surface area (Å²) in [4.78, 5) is 0. The van der Waals surface area contributed by atoms with Gasteiger partial charge in [-0.25, -0.2) is 8.78 Å². The quantitative estimate of drug-likeness (QED) is 0.338. The van der Waals surface area contributed by atoms with Gasteiger partial charge in [-0.3, -0.25) is 4.72 Å². The predicted octanol–water partition coefficient (Wildman–Crippen LogP) is 5.20. The van der Waals surface area contributed by atoms with Gasteiger partial charge in [0.05, 0.1) is 16.6 Å². The van der Waals surface area contributed by atoms with E-state index in [4.69, 9.17) is 11.6 Å². The fraction of sp³-hybridized carbons (Fsp3) is 0.944. The molecule has 2 N–H and O–H groups in total. The SMILES string of the molecule is C=S(NC1CCC(C(F)(F)F)C(O)C1)C1CC(Cl)C(C2CCC(F)CC2F)S1. The van der Waals surface area contributed by atoms with E-state index in [0.29, 0.717) is 25.7 Å².